The quantitative estimate of drug-likeness (QED) is 0.572. The molecule has 0 unspecified atom stereocenters. The molecule has 25 heavy (non-hydrogen) atoms. The first kappa shape index (κ1) is 15.0. The van der Waals surface area contributed by atoms with Gasteiger partial charge in [0, 0.05) is 42.1 Å². The van der Waals surface area contributed by atoms with Gasteiger partial charge in [-0.25, -0.2) is 19.3 Å². The first-order valence-corrected chi connectivity index (χ1v) is 7.61. The standard InChI is InChI=1S/C19H12FN5/c20-15-3-1-13(2-4-15)16-11-24-19(17-12-22-9-10-23-17)25-18(16)14-5-7-21-8-6-14/h1-12H. The van der Waals surface area contributed by atoms with Gasteiger partial charge in [0.25, 0.3) is 0 Å². The minimum Gasteiger partial charge on any atom is -0.265 e. The van der Waals surface area contributed by atoms with Crippen LogP contribution in [0.4, 0.5) is 4.39 Å². The minimum atomic E-state index is -0.286. The van der Waals surface area contributed by atoms with Crippen molar-refractivity contribution >= 4 is 0 Å². The second kappa shape index (κ2) is 6.52. The van der Waals surface area contributed by atoms with E-state index >= 15 is 0 Å². The maximum Gasteiger partial charge on any atom is 0.180 e. The lowest BCUT2D eigenvalue weighted by Crippen LogP contribution is -1.97. The highest BCUT2D eigenvalue weighted by atomic mass is 19.1. The van der Waals surface area contributed by atoms with E-state index in [0.29, 0.717) is 11.5 Å². The van der Waals surface area contributed by atoms with Crippen LogP contribution in [0.25, 0.3) is 33.9 Å². The number of nitrogens with zero attached hydrogens (tertiary/aromatic N) is 5. The van der Waals surface area contributed by atoms with Crippen LogP contribution in [0, 0.1) is 5.82 Å². The van der Waals surface area contributed by atoms with Crippen molar-refractivity contribution in [2.75, 3.05) is 0 Å². The molecule has 120 valence electrons. The van der Waals surface area contributed by atoms with Crippen molar-refractivity contribution in [3.8, 4) is 33.9 Å². The van der Waals surface area contributed by atoms with Gasteiger partial charge in [-0.1, -0.05) is 12.1 Å². The molecule has 3 heterocycles. The van der Waals surface area contributed by atoms with E-state index in [2.05, 4.69) is 24.9 Å². The Hall–Kier alpha value is -3.54. The van der Waals surface area contributed by atoms with E-state index in [1.54, 1.807) is 49.3 Å². The third kappa shape index (κ3) is 3.10. The maximum absolute atomic E-state index is 13.3. The molecule has 1 aromatic carbocycles. The van der Waals surface area contributed by atoms with E-state index in [1.807, 2.05) is 12.1 Å². The lowest BCUT2D eigenvalue weighted by Gasteiger charge is -2.10. The summed E-state index contributed by atoms with van der Waals surface area (Å²) < 4.78 is 13.3. The van der Waals surface area contributed by atoms with E-state index in [-0.39, 0.29) is 5.82 Å². The van der Waals surface area contributed by atoms with Crippen LogP contribution in [-0.2, 0) is 0 Å². The third-order valence-corrected chi connectivity index (χ3v) is 3.69. The van der Waals surface area contributed by atoms with Gasteiger partial charge in [-0.05, 0) is 29.8 Å². The Labute approximate surface area is 143 Å². The van der Waals surface area contributed by atoms with Gasteiger partial charge in [-0.2, -0.15) is 0 Å². The zero-order valence-electron chi connectivity index (χ0n) is 13.0. The third-order valence-electron chi connectivity index (χ3n) is 3.69. The average Bonchev–Trinajstić information content (AvgIpc) is 2.70. The molecule has 0 aliphatic heterocycles. The van der Waals surface area contributed by atoms with Crippen LogP contribution in [0.1, 0.15) is 0 Å². The Morgan fingerprint density at radius 2 is 1.48 bits per heavy atom. The summed E-state index contributed by atoms with van der Waals surface area (Å²) >= 11 is 0. The number of rotatable bonds is 3. The van der Waals surface area contributed by atoms with Crippen LogP contribution in [0.15, 0.2) is 73.6 Å². The molecule has 4 aromatic rings. The van der Waals surface area contributed by atoms with Crippen molar-refractivity contribution in [3.05, 3.63) is 79.4 Å². The van der Waals surface area contributed by atoms with Gasteiger partial charge < -0.3 is 0 Å². The number of pyridine rings is 1. The average molecular weight is 329 g/mol. The molecule has 0 spiro atoms. The fourth-order valence-corrected chi connectivity index (χ4v) is 2.49. The van der Waals surface area contributed by atoms with Crippen molar-refractivity contribution in [3.63, 3.8) is 0 Å². The predicted octanol–water partition coefficient (Wildman–Crippen LogP) is 3.80. The molecule has 0 N–H and O–H groups in total. The topological polar surface area (TPSA) is 64.5 Å². The Bertz CT molecular complexity index is 989. The van der Waals surface area contributed by atoms with Gasteiger partial charge in [0.05, 0.1) is 11.9 Å². The Morgan fingerprint density at radius 3 is 2.20 bits per heavy atom. The summed E-state index contributed by atoms with van der Waals surface area (Å²) in [5.41, 5.74) is 3.84. The van der Waals surface area contributed by atoms with E-state index < -0.39 is 0 Å². The first-order chi connectivity index (χ1) is 12.3. The number of halogens is 1. The van der Waals surface area contributed by atoms with Crippen molar-refractivity contribution in [2.24, 2.45) is 0 Å². The highest BCUT2D eigenvalue weighted by Crippen LogP contribution is 2.31. The summed E-state index contributed by atoms with van der Waals surface area (Å²) in [7, 11) is 0. The van der Waals surface area contributed by atoms with Crippen LogP contribution in [0.5, 0.6) is 0 Å². The molecule has 0 fully saturated rings. The number of hydrogen-bond donors (Lipinski definition) is 0. The molecule has 0 saturated carbocycles. The summed E-state index contributed by atoms with van der Waals surface area (Å²) in [4.78, 5) is 21.4. The monoisotopic (exact) mass is 329 g/mol. The van der Waals surface area contributed by atoms with Gasteiger partial charge >= 0.3 is 0 Å². The van der Waals surface area contributed by atoms with Crippen molar-refractivity contribution in [1.82, 2.24) is 24.9 Å². The van der Waals surface area contributed by atoms with E-state index in [0.717, 1.165) is 22.4 Å². The Morgan fingerprint density at radius 1 is 0.680 bits per heavy atom. The fourth-order valence-electron chi connectivity index (χ4n) is 2.49. The second-order valence-electron chi connectivity index (χ2n) is 5.29. The molecule has 6 heteroatoms. The molecular formula is C19H12FN5. The Kier molecular flexibility index (Phi) is 3.92. The normalized spacial score (nSPS) is 10.6. The van der Waals surface area contributed by atoms with Gasteiger partial charge in [0.1, 0.15) is 11.5 Å². The summed E-state index contributed by atoms with van der Waals surface area (Å²) in [6.07, 6.45) is 9.93. The molecule has 0 radical (unpaired) electrons. The molecule has 0 bridgehead atoms. The van der Waals surface area contributed by atoms with Crippen LogP contribution in [0.2, 0.25) is 0 Å². The minimum absolute atomic E-state index is 0.286. The van der Waals surface area contributed by atoms with Crippen LogP contribution < -0.4 is 0 Å². The lowest BCUT2D eigenvalue weighted by molar-refractivity contribution is 0.628. The molecule has 0 aliphatic rings. The largest absolute Gasteiger partial charge is 0.265 e. The fraction of sp³-hybridized carbons (Fsp3) is 0. The molecule has 3 aromatic heterocycles. The van der Waals surface area contributed by atoms with Crippen molar-refractivity contribution in [1.29, 1.82) is 0 Å². The van der Waals surface area contributed by atoms with Crippen LogP contribution in [-0.4, -0.2) is 24.9 Å². The van der Waals surface area contributed by atoms with Gasteiger partial charge in [-0.15, -0.1) is 0 Å². The van der Waals surface area contributed by atoms with Crippen molar-refractivity contribution < 1.29 is 4.39 Å². The van der Waals surface area contributed by atoms with Crippen LogP contribution in [0.3, 0.4) is 0 Å². The predicted molar refractivity (Wildman–Crippen MR) is 91.7 cm³/mol. The summed E-state index contributed by atoms with van der Waals surface area (Å²) in [6, 6.07) is 10.00. The molecule has 0 saturated heterocycles. The van der Waals surface area contributed by atoms with Gasteiger partial charge in [-0.3, -0.25) is 9.97 Å². The van der Waals surface area contributed by atoms with Gasteiger partial charge in [0.15, 0.2) is 5.82 Å². The summed E-state index contributed by atoms with van der Waals surface area (Å²) in [5, 5.41) is 0. The lowest BCUT2D eigenvalue weighted by atomic mass is 10.0. The summed E-state index contributed by atoms with van der Waals surface area (Å²) in [5.74, 6) is 0.192. The van der Waals surface area contributed by atoms with E-state index in [4.69, 9.17) is 0 Å². The first-order valence-electron chi connectivity index (χ1n) is 7.61. The molecule has 5 nitrogen and oxygen atoms in total. The maximum atomic E-state index is 13.3. The van der Waals surface area contributed by atoms with Crippen molar-refractivity contribution in [2.45, 2.75) is 0 Å². The summed E-state index contributed by atoms with van der Waals surface area (Å²) in [6.45, 7) is 0. The zero-order chi connectivity index (χ0) is 17.1. The van der Waals surface area contributed by atoms with E-state index in [1.165, 1.54) is 12.1 Å². The highest BCUT2D eigenvalue weighted by molar-refractivity contribution is 5.81. The van der Waals surface area contributed by atoms with Crippen LogP contribution >= 0.6 is 0 Å². The number of hydrogen-bond acceptors (Lipinski definition) is 5. The smallest absolute Gasteiger partial charge is 0.180 e. The molecule has 0 aliphatic carbocycles. The van der Waals surface area contributed by atoms with Gasteiger partial charge in [0.2, 0.25) is 0 Å². The SMILES string of the molecule is Fc1ccc(-c2cnc(-c3cnccn3)nc2-c2ccncc2)cc1. The Balaban J connectivity index is 1.91. The molecule has 0 atom stereocenters. The number of benzene rings is 1. The van der Waals surface area contributed by atoms with E-state index in [9.17, 15) is 4.39 Å². The second-order valence-corrected chi connectivity index (χ2v) is 5.29. The zero-order valence-corrected chi connectivity index (χ0v) is 13.0. The number of aromatic nitrogens is 5. The highest BCUT2D eigenvalue weighted by Gasteiger charge is 2.13. The molecular weight excluding hydrogens is 317 g/mol. The molecule has 4 rings (SSSR count). The molecule has 0 amide bonds.